The Hall–Kier alpha value is -1.57. The van der Waals surface area contributed by atoms with Crippen LogP contribution in [0.3, 0.4) is 0 Å². The van der Waals surface area contributed by atoms with Gasteiger partial charge in [0.15, 0.2) is 0 Å². The fourth-order valence-electron chi connectivity index (χ4n) is 2.52. The van der Waals surface area contributed by atoms with E-state index in [2.05, 4.69) is 49.6 Å². The van der Waals surface area contributed by atoms with Crippen molar-refractivity contribution in [2.75, 3.05) is 6.54 Å². The van der Waals surface area contributed by atoms with E-state index in [-0.39, 0.29) is 0 Å². The fraction of sp³-hybridized carbons (Fsp3) is 0.550. The Balaban J connectivity index is 2.73. The highest BCUT2D eigenvalue weighted by atomic mass is 14.9. The molecule has 0 heterocycles. The summed E-state index contributed by atoms with van der Waals surface area (Å²) in [7, 11) is 0. The molecule has 1 aliphatic carbocycles. The Morgan fingerprint density at radius 2 is 2.05 bits per heavy atom. The van der Waals surface area contributed by atoms with Gasteiger partial charge in [0.25, 0.3) is 0 Å². The molecule has 0 saturated heterocycles. The van der Waals surface area contributed by atoms with Gasteiger partial charge in [-0.25, -0.2) is 0 Å². The van der Waals surface area contributed by atoms with Gasteiger partial charge in [-0.05, 0) is 68.4 Å². The number of rotatable bonds is 11. The lowest BCUT2D eigenvalue weighted by atomic mass is 9.97. The summed E-state index contributed by atoms with van der Waals surface area (Å²) in [5.41, 5.74) is 5.15. The molecule has 22 heavy (non-hydrogen) atoms. The molecule has 0 unspecified atom stereocenters. The zero-order valence-corrected chi connectivity index (χ0v) is 14.6. The van der Waals surface area contributed by atoms with Crippen molar-refractivity contribution in [3.05, 3.63) is 47.3 Å². The number of allylic oxidation sites excluding steroid dienone is 5. The van der Waals surface area contributed by atoms with Crippen LogP contribution in [0.15, 0.2) is 52.3 Å². The molecule has 1 fully saturated rings. The van der Waals surface area contributed by atoms with E-state index in [0.29, 0.717) is 0 Å². The Labute approximate surface area is 136 Å². The van der Waals surface area contributed by atoms with Crippen molar-refractivity contribution in [1.82, 2.24) is 5.32 Å². The summed E-state index contributed by atoms with van der Waals surface area (Å²) in [6, 6.07) is 0. The summed E-state index contributed by atoms with van der Waals surface area (Å²) < 4.78 is 0. The quantitative estimate of drug-likeness (QED) is 0.392. The summed E-state index contributed by atoms with van der Waals surface area (Å²) in [5.74, 6) is 0.739. The highest BCUT2D eigenvalue weighted by molar-refractivity contribution is 5.41. The maximum absolute atomic E-state index is 4.32. The van der Waals surface area contributed by atoms with E-state index in [1.165, 1.54) is 42.4 Å². The average Bonchev–Trinajstić information content (AvgIpc) is 3.32. The molecule has 0 amide bonds. The van der Waals surface area contributed by atoms with Gasteiger partial charge in [0.1, 0.15) is 0 Å². The normalized spacial score (nSPS) is 16.6. The summed E-state index contributed by atoms with van der Waals surface area (Å²) >= 11 is 0. The minimum Gasteiger partial charge on any atom is -0.384 e. The number of hydrogen-bond donors (Lipinski definition) is 1. The van der Waals surface area contributed by atoms with E-state index >= 15 is 0 Å². The molecule has 0 aromatic carbocycles. The first-order valence-electron chi connectivity index (χ1n) is 8.57. The molecule has 2 heteroatoms. The van der Waals surface area contributed by atoms with E-state index in [1.807, 2.05) is 6.92 Å². The molecule has 0 bridgehead atoms. The van der Waals surface area contributed by atoms with Gasteiger partial charge in [0.2, 0.25) is 0 Å². The molecule has 1 N–H and O–H groups in total. The van der Waals surface area contributed by atoms with Crippen LogP contribution >= 0.6 is 0 Å². The molecule has 0 aliphatic heterocycles. The molecule has 1 saturated carbocycles. The summed E-state index contributed by atoms with van der Waals surface area (Å²) in [6.45, 7) is 15.2. The molecule has 0 aromatic rings. The number of aliphatic imine (C=N–C) groups is 1. The van der Waals surface area contributed by atoms with Crippen molar-refractivity contribution in [2.24, 2.45) is 10.9 Å². The largest absolute Gasteiger partial charge is 0.384 e. The van der Waals surface area contributed by atoms with Gasteiger partial charge in [-0.2, -0.15) is 0 Å². The van der Waals surface area contributed by atoms with Crippen LogP contribution in [0.4, 0.5) is 0 Å². The molecule has 0 atom stereocenters. The van der Waals surface area contributed by atoms with Crippen LogP contribution in [-0.4, -0.2) is 13.3 Å². The van der Waals surface area contributed by atoms with Crippen LogP contribution in [0.25, 0.3) is 0 Å². The van der Waals surface area contributed by atoms with Crippen molar-refractivity contribution in [3.8, 4) is 0 Å². The van der Waals surface area contributed by atoms with Gasteiger partial charge >= 0.3 is 0 Å². The summed E-state index contributed by atoms with van der Waals surface area (Å²) in [5, 5.41) is 3.42. The van der Waals surface area contributed by atoms with Gasteiger partial charge in [0.05, 0.1) is 0 Å². The van der Waals surface area contributed by atoms with Crippen molar-refractivity contribution >= 4 is 6.72 Å². The molecule has 0 spiro atoms. The second-order valence-electron chi connectivity index (χ2n) is 6.11. The third-order valence-corrected chi connectivity index (χ3v) is 3.98. The second-order valence-corrected chi connectivity index (χ2v) is 6.11. The number of nitrogens with one attached hydrogen (secondary N) is 1. The standard InChI is InChI=1S/C20H32N2/c1-6-8-10-18(9-7-2)16(3)13-20(19-11-12-19)15-22-17(4)14-21-5/h9,13-14,19,22H,3,5-8,10-12,15H2,1-2,4H3/b17-14-,18-9+,20-13+. The van der Waals surface area contributed by atoms with Gasteiger partial charge in [-0.3, -0.25) is 4.99 Å². The van der Waals surface area contributed by atoms with Crippen LogP contribution in [0.5, 0.6) is 0 Å². The van der Waals surface area contributed by atoms with Gasteiger partial charge < -0.3 is 5.32 Å². The lowest BCUT2D eigenvalue weighted by Crippen LogP contribution is -2.16. The Bertz CT molecular complexity index is 462. The lowest BCUT2D eigenvalue weighted by molar-refractivity contribution is 0.787. The molecular formula is C20H32N2. The fourth-order valence-corrected chi connectivity index (χ4v) is 2.52. The van der Waals surface area contributed by atoms with Crippen molar-refractivity contribution in [2.45, 2.75) is 59.3 Å². The third-order valence-electron chi connectivity index (χ3n) is 3.98. The average molecular weight is 300 g/mol. The summed E-state index contributed by atoms with van der Waals surface area (Å²) in [4.78, 5) is 3.80. The predicted molar refractivity (Wildman–Crippen MR) is 99.2 cm³/mol. The maximum Gasteiger partial charge on any atom is 0.0447 e. The number of unbranched alkanes of at least 4 members (excludes halogenated alkanes) is 1. The minimum atomic E-state index is 0.739. The SMILES string of the molecule is C=N/C=C(/C)NC/C(=C\C(=C)/C(=C/CC)CCCC)C1CC1. The third kappa shape index (κ3) is 6.93. The number of hydrogen-bond acceptors (Lipinski definition) is 2. The van der Waals surface area contributed by atoms with Crippen molar-refractivity contribution in [1.29, 1.82) is 0 Å². The minimum absolute atomic E-state index is 0.739. The lowest BCUT2D eigenvalue weighted by Gasteiger charge is -2.13. The highest BCUT2D eigenvalue weighted by Crippen LogP contribution is 2.37. The summed E-state index contributed by atoms with van der Waals surface area (Å²) in [6.07, 6.45) is 13.7. The Kier molecular flexibility index (Phi) is 8.57. The van der Waals surface area contributed by atoms with Crippen LogP contribution in [0.1, 0.15) is 59.3 Å². The van der Waals surface area contributed by atoms with Crippen molar-refractivity contribution in [3.63, 3.8) is 0 Å². The van der Waals surface area contributed by atoms with E-state index < -0.39 is 0 Å². The molecule has 1 rings (SSSR count). The molecule has 0 aromatic heterocycles. The number of nitrogens with zero attached hydrogens (tertiary/aromatic N) is 1. The zero-order valence-electron chi connectivity index (χ0n) is 14.6. The van der Waals surface area contributed by atoms with Gasteiger partial charge in [-0.15, -0.1) is 0 Å². The van der Waals surface area contributed by atoms with Crippen LogP contribution in [0, 0.1) is 5.92 Å². The van der Waals surface area contributed by atoms with Gasteiger partial charge in [0, 0.05) is 18.4 Å². The van der Waals surface area contributed by atoms with Gasteiger partial charge in [-0.1, -0.05) is 39.0 Å². The molecule has 1 aliphatic rings. The Morgan fingerprint density at radius 1 is 1.32 bits per heavy atom. The smallest absolute Gasteiger partial charge is 0.0447 e. The van der Waals surface area contributed by atoms with E-state index in [9.17, 15) is 0 Å². The monoisotopic (exact) mass is 300 g/mol. The van der Waals surface area contributed by atoms with Crippen LogP contribution in [0.2, 0.25) is 0 Å². The van der Waals surface area contributed by atoms with Crippen LogP contribution < -0.4 is 5.32 Å². The second kappa shape index (κ2) is 10.2. The first-order chi connectivity index (χ1) is 10.6. The molecule has 0 radical (unpaired) electrons. The van der Waals surface area contributed by atoms with Crippen molar-refractivity contribution < 1.29 is 0 Å². The maximum atomic E-state index is 4.32. The van der Waals surface area contributed by atoms with E-state index in [0.717, 1.165) is 31.0 Å². The molecule has 2 nitrogen and oxygen atoms in total. The molecule has 122 valence electrons. The zero-order chi connectivity index (χ0) is 16.4. The first-order valence-corrected chi connectivity index (χ1v) is 8.57. The van der Waals surface area contributed by atoms with E-state index in [1.54, 1.807) is 6.20 Å². The Morgan fingerprint density at radius 3 is 2.59 bits per heavy atom. The predicted octanol–water partition coefficient (Wildman–Crippen LogP) is 5.56. The van der Waals surface area contributed by atoms with Crippen LogP contribution in [-0.2, 0) is 0 Å². The van der Waals surface area contributed by atoms with E-state index in [4.69, 9.17) is 0 Å². The topological polar surface area (TPSA) is 24.4 Å². The molecular weight excluding hydrogens is 268 g/mol. The first kappa shape index (κ1) is 18.5. The highest BCUT2D eigenvalue weighted by Gasteiger charge is 2.25.